The molecule has 6 nitrogen and oxygen atoms in total. The van der Waals surface area contributed by atoms with E-state index in [1.807, 2.05) is 13.1 Å². The summed E-state index contributed by atoms with van der Waals surface area (Å²) in [6.07, 6.45) is 6.07. The maximum absolute atomic E-state index is 13.1. The van der Waals surface area contributed by atoms with Gasteiger partial charge in [0.2, 0.25) is 5.91 Å². The van der Waals surface area contributed by atoms with Crippen LogP contribution in [-0.2, 0) is 11.3 Å². The van der Waals surface area contributed by atoms with Crippen LogP contribution in [0.1, 0.15) is 38.3 Å². The highest BCUT2D eigenvalue weighted by Gasteiger charge is 2.47. The van der Waals surface area contributed by atoms with Crippen molar-refractivity contribution in [2.75, 3.05) is 40.3 Å². The zero-order valence-electron chi connectivity index (χ0n) is 15.2. The normalized spacial score (nSPS) is 24.5. The van der Waals surface area contributed by atoms with Crippen LogP contribution in [0.4, 0.5) is 0 Å². The van der Waals surface area contributed by atoms with Crippen molar-refractivity contribution in [2.24, 2.45) is 5.41 Å². The second-order valence-corrected chi connectivity index (χ2v) is 7.68. The van der Waals surface area contributed by atoms with Gasteiger partial charge < -0.3 is 14.3 Å². The lowest BCUT2D eigenvalue weighted by Crippen LogP contribution is -2.44. The fourth-order valence-electron chi connectivity index (χ4n) is 4.26. The Balaban J connectivity index is 1.68. The monoisotopic (exact) mass is 334 g/mol. The molecule has 2 aliphatic rings. The van der Waals surface area contributed by atoms with Crippen LogP contribution in [0.25, 0.3) is 0 Å². The molecule has 2 saturated heterocycles. The second-order valence-electron chi connectivity index (χ2n) is 7.68. The van der Waals surface area contributed by atoms with Gasteiger partial charge in [0, 0.05) is 19.7 Å². The molecule has 134 valence electrons. The molecule has 1 amide bonds. The van der Waals surface area contributed by atoms with Gasteiger partial charge in [-0.05, 0) is 57.8 Å². The zero-order chi connectivity index (χ0) is 17.2. The minimum absolute atomic E-state index is 0.0188. The van der Waals surface area contributed by atoms with Gasteiger partial charge in [0.15, 0.2) is 0 Å². The number of amides is 1. The van der Waals surface area contributed by atoms with Crippen molar-refractivity contribution in [2.45, 2.75) is 45.2 Å². The van der Waals surface area contributed by atoms with Crippen molar-refractivity contribution in [1.82, 2.24) is 19.9 Å². The molecule has 1 aromatic rings. The molecule has 3 rings (SSSR count). The van der Waals surface area contributed by atoms with Gasteiger partial charge in [-0.2, -0.15) is 0 Å². The number of aromatic nitrogens is 1. The standard InChI is InChI=1S/C18H30N4O2/c1-4-8-22-14-18(6-9-20(2)10-7-18)12-16(22)17(23)21(3)13-15-5-11-24-19-15/h5,11,16H,4,6-10,12-14H2,1-3H3. The number of hydrogen-bond acceptors (Lipinski definition) is 5. The van der Waals surface area contributed by atoms with E-state index in [-0.39, 0.29) is 11.9 Å². The summed E-state index contributed by atoms with van der Waals surface area (Å²) in [5, 5.41) is 3.92. The number of likely N-dealkylation sites (tertiary alicyclic amines) is 2. The first-order valence-corrected chi connectivity index (χ1v) is 9.10. The van der Waals surface area contributed by atoms with Gasteiger partial charge in [-0.3, -0.25) is 9.69 Å². The summed E-state index contributed by atoms with van der Waals surface area (Å²) in [5.41, 5.74) is 1.14. The topological polar surface area (TPSA) is 52.8 Å². The average Bonchev–Trinajstić information content (AvgIpc) is 3.19. The Morgan fingerprint density at radius 1 is 1.46 bits per heavy atom. The van der Waals surface area contributed by atoms with Crippen molar-refractivity contribution in [3.05, 3.63) is 18.0 Å². The Morgan fingerprint density at radius 2 is 2.21 bits per heavy atom. The molecular formula is C18H30N4O2. The van der Waals surface area contributed by atoms with Crippen LogP contribution in [0.5, 0.6) is 0 Å². The third kappa shape index (κ3) is 3.64. The first kappa shape index (κ1) is 17.4. The Kier molecular flexibility index (Phi) is 5.25. The van der Waals surface area contributed by atoms with Crippen molar-refractivity contribution in [1.29, 1.82) is 0 Å². The van der Waals surface area contributed by atoms with Crippen LogP contribution < -0.4 is 0 Å². The number of carbonyl (C=O) groups is 1. The lowest BCUT2D eigenvalue weighted by molar-refractivity contribution is -0.135. The van der Waals surface area contributed by atoms with E-state index in [0.717, 1.165) is 44.7 Å². The van der Waals surface area contributed by atoms with Crippen LogP contribution in [-0.4, -0.2) is 72.1 Å². The molecule has 6 heteroatoms. The summed E-state index contributed by atoms with van der Waals surface area (Å²) in [6, 6.07) is 1.84. The Labute approximate surface area is 144 Å². The summed E-state index contributed by atoms with van der Waals surface area (Å²) in [4.78, 5) is 19.7. The second kappa shape index (κ2) is 7.23. The van der Waals surface area contributed by atoms with Gasteiger partial charge in [-0.15, -0.1) is 0 Å². The van der Waals surface area contributed by atoms with Gasteiger partial charge >= 0.3 is 0 Å². The molecule has 0 N–H and O–H groups in total. The summed E-state index contributed by atoms with van der Waals surface area (Å²) < 4.78 is 4.88. The molecule has 0 aliphatic carbocycles. The fourth-order valence-corrected chi connectivity index (χ4v) is 4.26. The minimum Gasteiger partial charge on any atom is -0.364 e. The summed E-state index contributed by atoms with van der Waals surface area (Å²) in [7, 11) is 4.07. The van der Waals surface area contributed by atoms with Crippen molar-refractivity contribution < 1.29 is 9.32 Å². The quantitative estimate of drug-likeness (QED) is 0.822. The number of rotatable bonds is 5. The predicted molar refractivity (Wildman–Crippen MR) is 92.4 cm³/mol. The first-order valence-electron chi connectivity index (χ1n) is 9.10. The number of hydrogen-bond donors (Lipinski definition) is 0. The molecular weight excluding hydrogens is 304 g/mol. The average molecular weight is 334 g/mol. The Morgan fingerprint density at radius 3 is 2.83 bits per heavy atom. The van der Waals surface area contributed by atoms with Gasteiger partial charge in [0.25, 0.3) is 0 Å². The molecule has 0 aromatic carbocycles. The van der Waals surface area contributed by atoms with Crippen LogP contribution in [0.3, 0.4) is 0 Å². The van der Waals surface area contributed by atoms with Crippen molar-refractivity contribution in [3.8, 4) is 0 Å². The maximum Gasteiger partial charge on any atom is 0.240 e. The van der Waals surface area contributed by atoms with Crippen molar-refractivity contribution in [3.63, 3.8) is 0 Å². The number of piperidine rings is 1. The van der Waals surface area contributed by atoms with Gasteiger partial charge in [-0.25, -0.2) is 0 Å². The molecule has 1 spiro atoms. The predicted octanol–water partition coefficient (Wildman–Crippen LogP) is 1.83. The van der Waals surface area contributed by atoms with Gasteiger partial charge in [0.1, 0.15) is 12.0 Å². The molecule has 3 heterocycles. The van der Waals surface area contributed by atoms with E-state index < -0.39 is 0 Å². The van der Waals surface area contributed by atoms with E-state index >= 15 is 0 Å². The molecule has 0 bridgehead atoms. The van der Waals surface area contributed by atoms with Crippen LogP contribution in [0.15, 0.2) is 16.9 Å². The number of likely N-dealkylation sites (N-methyl/N-ethyl adjacent to an activating group) is 1. The van der Waals surface area contributed by atoms with Gasteiger partial charge in [0.05, 0.1) is 12.6 Å². The van der Waals surface area contributed by atoms with Crippen molar-refractivity contribution >= 4 is 5.91 Å². The van der Waals surface area contributed by atoms with E-state index in [1.54, 1.807) is 11.2 Å². The highest BCUT2D eigenvalue weighted by Crippen LogP contribution is 2.43. The highest BCUT2D eigenvalue weighted by molar-refractivity contribution is 5.82. The van der Waals surface area contributed by atoms with Crippen LogP contribution >= 0.6 is 0 Å². The van der Waals surface area contributed by atoms with Crippen LogP contribution in [0, 0.1) is 5.41 Å². The summed E-state index contributed by atoms with van der Waals surface area (Å²) in [6.45, 7) is 7.09. The lowest BCUT2D eigenvalue weighted by Gasteiger charge is -2.37. The minimum atomic E-state index is 0.0188. The largest absolute Gasteiger partial charge is 0.364 e. The molecule has 1 unspecified atom stereocenters. The summed E-state index contributed by atoms with van der Waals surface area (Å²) >= 11 is 0. The molecule has 0 radical (unpaired) electrons. The number of nitrogens with zero attached hydrogens (tertiary/aromatic N) is 4. The maximum atomic E-state index is 13.1. The lowest BCUT2D eigenvalue weighted by atomic mass is 9.76. The Bertz CT molecular complexity index is 537. The molecule has 0 saturated carbocycles. The molecule has 2 fully saturated rings. The Hall–Kier alpha value is -1.40. The first-order chi connectivity index (χ1) is 11.5. The van der Waals surface area contributed by atoms with E-state index in [1.165, 1.54) is 12.8 Å². The third-order valence-corrected chi connectivity index (χ3v) is 5.72. The zero-order valence-corrected chi connectivity index (χ0v) is 15.2. The van der Waals surface area contributed by atoms with E-state index in [0.29, 0.717) is 12.0 Å². The summed E-state index contributed by atoms with van der Waals surface area (Å²) in [5.74, 6) is 0.224. The SMILES string of the molecule is CCCN1CC2(CCN(C)CC2)CC1C(=O)N(C)Cc1ccon1. The van der Waals surface area contributed by atoms with E-state index in [2.05, 4.69) is 28.9 Å². The molecule has 1 atom stereocenters. The van der Waals surface area contributed by atoms with E-state index in [9.17, 15) is 4.79 Å². The molecule has 1 aromatic heterocycles. The number of carbonyl (C=O) groups excluding carboxylic acids is 1. The smallest absolute Gasteiger partial charge is 0.240 e. The van der Waals surface area contributed by atoms with E-state index in [4.69, 9.17) is 4.52 Å². The highest BCUT2D eigenvalue weighted by atomic mass is 16.5. The fraction of sp³-hybridized carbons (Fsp3) is 0.778. The molecule has 2 aliphatic heterocycles. The third-order valence-electron chi connectivity index (χ3n) is 5.72. The molecule has 24 heavy (non-hydrogen) atoms. The van der Waals surface area contributed by atoms with Crippen LogP contribution in [0.2, 0.25) is 0 Å². The van der Waals surface area contributed by atoms with Gasteiger partial charge in [-0.1, -0.05) is 12.1 Å².